The summed E-state index contributed by atoms with van der Waals surface area (Å²) in [7, 11) is 0. The zero-order chi connectivity index (χ0) is 19.7. The quantitative estimate of drug-likeness (QED) is 0.456. The Balaban J connectivity index is 1.88. The second-order valence-electron chi connectivity index (χ2n) is 6.57. The third-order valence-corrected chi connectivity index (χ3v) is 4.54. The van der Waals surface area contributed by atoms with Gasteiger partial charge in [-0.25, -0.2) is 15.0 Å². The molecule has 4 rings (SSSR count). The number of nitrogens with zero attached hydrogens (tertiary/aromatic N) is 4. The summed E-state index contributed by atoms with van der Waals surface area (Å²) < 4.78 is 12.7. The maximum atomic E-state index is 10.4. The lowest BCUT2D eigenvalue weighted by Gasteiger charge is -2.18. The first-order chi connectivity index (χ1) is 13.6. The van der Waals surface area contributed by atoms with Crippen LogP contribution in [0.2, 0.25) is 0 Å². The van der Waals surface area contributed by atoms with Crippen molar-refractivity contribution in [2.45, 2.75) is 44.6 Å². The Morgan fingerprint density at radius 1 is 1.32 bits per heavy atom. The number of imidazole rings is 1. The zero-order valence-electron chi connectivity index (χ0n) is 15.4. The lowest BCUT2D eigenvalue weighted by molar-refractivity contribution is -0.0154. The molecular formula is C19H21N5O4. The van der Waals surface area contributed by atoms with Crippen molar-refractivity contribution in [1.82, 2.24) is 19.5 Å². The molecule has 9 nitrogen and oxygen atoms in total. The van der Waals surface area contributed by atoms with E-state index < -0.39 is 18.4 Å². The van der Waals surface area contributed by atoms with E-state index in [9.17, 15) is 10.2 Å². The van der Waals surface area contributed by atoms with Gasteiger partial charge in [0.2, 0.25) is 5.82 Å². The molecule has 1 aliphatic rings. The van der Waals surface area contributed by atoms with E-state index >= 15 is 0 Å². The molecule has 3 aromatic rings. The number of aliphatic hydroxyl groups is 2. The summed E-state index contributed by atoms with van der Waals surface area (Å²) in [6, 6.07) is 3.45. The molecule has 0 spiro atoms. The molecule has 1 saturated heterocycles. The molecule has 0 amide bonds. The molecule has 0 bridgehead atoms. The monoisotopic (exact) mass is 383 g/mol. The van der Waals surface area contributed by atoms with Crippen LogP contribution in [0.25, 0.3) is 22.7 Å². The van der Waals surface area contributed by atoms with Crippen molar-refractivity contribution in [1.29, 1.82) is 0 Å². The van der Waals surface area contributed by atoms with Gasteiger partial charge in [0.15, 0.2) is 34.8 Å². The van der Waals surface area contributed by atoms with Gasteiger partial charge in [0.05, 0.1) is 12.9 Å². The smallest absolute Gasteiger partial charge is 0.208 e. The fourth-order valence-corrected chi connectivity index (χ4v) is 3.09. The normalized spacial score (nSPS) is 21.8. The van der Waals surface area contributed by atoms with Crippen molar-refractivity contribution in [3.05, 3.63) is 24.2 Å². The lowest BCUT2D eigenvalue weighted by atomic mass is 10.2. The van der Waals surface area contributed by atoms with Crippen molar-refractivity contribution >= 4 is 17.0 Å². The minimum absolute atomic E-state index is 0.00660. The molecule has 1 fully saturated rings. The molecule has 9 heteroatoms. The van der Waals surface area contributed by atoms with Gasteiger partial charge in [0, 0.05) is 6.42 Å². The van der Waals surface area contributed by atoms with Crippen molar-refractivity contribution in [3.63, 3.8) is 0 Å². The average Bonchev–Trinajstić information content (AvgIpc) is 3.39. The first-order valence-electron chi connectivity index (χ1n) is 9.16. The van der Waals surface area contributed by atoms with Gasteiger partial charge >= 0.3 is 0 Å². The number of nitrogens with two attached hydrogens (primary N) is 1. The number of furan rings is 1. The summed E-state index contributed by atoms with van der Waals surface area (Å²) in [5.41, 5.74) is 6.81. The van der Waals surface area contributed by atoms with Gasteiger partial charge in [-0.2, -0.15) is 0 Å². The van der Waals surface area contributed by atoms with Gasteiger partial charge in [0.1, 0.15) is 12.2 Å². The lowest BCUT2D eigenvalue weighted by Crippen LogP contribution is -2.28. The molecule has 1 unspecified atom stereocenters. The molecule has 3 aromatic heterocycles. The Morgan fingerprint density at radius 3 is 2.86 bits per heavy atom. The van der Waals surface area contributed by atoms with Crippen LogP contribution in [-0.2, 0) is 4.74 Å². The van der Waals surface area contributed by atoms with Crippen molar-refractivity contribution < 1.29 is 19.4 Å². The Bertz CT molecular complexity index is 1030. The second kappa shape index (κ2) is 7.59. The second-order valence-corrected chi connectivity index (χ2v) is 6.57. The van der Waals surface area contributed by atoms with E-state index in [1.54, 1.807) is 16.7 Å². The molecule has 0 saturated carbocycles. The number of fused-ring (bicyclic) bond motifs is 1. The van der Waals surface area contributed by atoms with E-state index in [4.69, 9.17) is 14.9 Å². The number of anilines is 1. The Morgan fingerprint density at radius 2 is 2.18 bits per heavy atom. The highest BCUT2D eigenvalue weighted by Gasteiger charge is 2.39. The van der Waals surface area contributed by atoms with Gasteiger partial charge in [-0.1, -0.05) is 19.3 Å². The molecule has 3 atom stereocenters. The van der Waals surface area contributed by atoms with Gasteiger partial charge in [-0.15, -0.1) is 0 Å². The van der Waals surface area contributed by atoms with Crippen LogP contribution in [0.4, 0.5) is 5.82 Å². The molecular weight excluding hydrogens is 362 g/mol. The van der Waals surface area contributed by atoms with E-state index in [0.717, 1.165) is 19.3 Å². The standard InChI is InChI=1S/C19H21N5O4/c1-2-3-4-5-8-13-21-16(20)14-18(22-13)24(19-15(26)11(25)10-28-19)17(23-14)12-7-6-9-27-12/h6-7,9,11,15,19,25-26H,2-4,10H2,1H3,(H2,20,21,22)/t11-,15?,19+/m0/s1. The number of rotatable bonds is 4. The Kier molecular flexibility index (Phi) is 5.00. The number of aromatic nitrogens is 4. The first-order valence-corrected chi connectivity index (χ1v) is 9.16. The van der Waals surface area contributed by atoms with Gasteiger partial charge in [-0.05, 0) is 24.5 Å². The summed E-state index contributed by atoms with van der Waals surface area (Å²) in [4.78, 5) is 13.2. The van der Waals surface area contributed by atoms with Gasteiger partial charge in [-0.3, -0.25) is 4.57 Å². The van der Waals surface area contributed by atoms with Crippen LogP contribution in [-0.4, -0.2) is 48.5 Å². The zero-order valence-corrected chi connectivity index (χ0v) is 15.4. The predicted molar refractivity (Wildman–Crippen MR) is 101 cm³/mol. The summed E-state index contributed by atoms with van der Waals surface area (Å²) in [5, 5.41) is 20.3. The number of hydrogen-bond donors (Lipinski definition) is 3. The van der Waals surface area contributed by atoms with Gasteiger partial charge < -0.3 is 25.1 Å². The Hall–Kier alpha value is -2.93. The van der Waals surface area contributed by atoms with E-state index in [-0.39, 0.29) is 18.2 Å². The minimum atomic E-state index is -1.15. The molecule has 1 aliphatic heterocycles. The fourth-order valence-electron chi connectivity index (χ4n) is 3.09. The van der Waals surface area contributed by atoms with Crippen LogP contribution in [0, 0.1) is 11.8 Å². The summed E-state index contributed by atoms with van der Waals surface area (Å²) in [6.45, 7) is 2.09. The predicted octanol–water partition coefficient (Wildman–Crippen LogP) is 1.46. The molecule has 0 radical (unpaired) electrons. The maximum Gasteiger partial charge on any atom is 0.208 e. The number of unbranched alkanes of at least 4 members (excludes halogenated alkanes) is 2. The third-order valence-electron chi connectivity index (χ3n) is 4.54. The summed E-state index contributed by atoms with van der Waals surface area (Å²) >= 11 is 0. The van der Waals surface area contributed by atoms with Crippen molar-refractivity contribution in [2.24, 2.45) is 0 Å². The fraction of sp³-hybridized carbons (Fsp3) is 0.421. The van der Waals surface area contributed by atoms with Crippen LogP contribution >= 0.6 is 0 Å². The first kappa shape index (κ1) is 18.4. The third kappa shape index (κ3) is 3.22. The molecule has 0 aliphatic carbocycles. The topological polar surface area (TPSA) is 132 Å². The van der Waals surface area contributed by atoms with Crippen LogP contribution in [0.1, 0.15) is 38.2 Å². The molecule has 0 aromatic carbocycles. The highest BCUT2D eigenvalue weighted by Crippen LogP contribution is 2.34. The number of ether oxygens (including phenoxy) is 1. The SMILES string of the molecule is CCCCC#Cc1nc(N)c2nc(-c3ccco3)n([C@@H]3OC[C@H](O)C3O)c2n1. The molecule has 146 valence electrons. The maximum absolute atomic E-state index is 10.4. The number of nitrogen functional groups attached to an aromatic ring is 1. The van der Waals surface area contributed by atoms with Crippen LogP contribution < -0.4 is 5.73 Å². The molecule has 4 heterocycles. The largest absolute Gasteiger partial charge is 0.461 e. The highest BCUT2D eigenvalue weighted by atomic mass is 16.5. The van der Waals surface area contributed by atoms with E-state index in [2.05, 4.69) is 33.7 Å². The van der Waals surface area contributed by atoms with Gasteiger partial charge in [0.25, 0.3) is 0 Å². The van der Waals surface area contributed by atoms with Crippen molar-refractivity contribution in [2.75, 3.05) is 12.3 Å². The number of hydrogen-bond acceptors (Lipinski definition) is 8. The molecule has 4 N–H and O–H groups in total. The van der Waals surface area contributed by atoms with E-state index in [0.29, 0.717) is 22.7 Å². The van der Waals surface area contributed by atoms with E-state index in [1.807, 2.05) is 0 Å². The van der Waals surface area contributed by atoms with Crippen LogP contribution in [0.5, 0.6) is 0 Å². The summed E-state index contributed by atoms with van der Waals surface area (Å²) in [5.74, 6) is 7.21. The van der Waals surface area contributed by atoms with Crippen LogP contribution in [0.15, 0.2) is 22.8 Å². The molecule has 28 heavy (non-hydrogen) atoms. The summed E-state index contributed by atoms with van der Waals surface area (Å²) in [6.07, 6.45) is 1.24. The van der Waals surface area contributed by atoms with E-state index in [1.165, 1.54) is 6.26 Å². The number of aliphatic hydroxyl groups excluding tert-OH is 2. The minimum Gasteiger partial charge on any atom is -0.461 e. The Labute approximate surface area is 161 Å². The van der Waals surface area contributed by atoms with Crippen LogP contribution in [0.3, 0.4) is 0 Å². The average molecular weight is 383 g/mol. The highest BCUT2D eigenvalue weighted by molar-refractivity contribution is 5.85. The van der Waals surface area contributed by atoms with Crippen molar-refractivity contribution in [3.8, 4) is 23.4 Å².